The Kier molecular flexibility index (Phi) is 2.14. The van der Waals surface area contributed by atoms with Crippen LogP contribution in [0.15, 0.2) is 22.4 Å². The molecule has 0 bridgehead atoms. The second kappa shape index (κ2) is 3.16. The van der Waals surface area contributed by atoms with Gasteiger partial charge >= 0.3 is 0 Å². The minimum Gasteiger partial charge on any atom is -0.298 e. The van der Waals surface area contributed by atoms with Gasteiger partial charge in [0.15, 0.2) is 6.29 Å². The van der Waals surface area contributed by atoms with Gasteiger partial charge < -0.3 is 0 Å². The average Bonchev–Trinajstić information content (AvgIpc) is 2.47. The summed E-state index contributed by atoms with van der Waals surface area (Å²) in [5, 5.41) is 3.20. The van der Waals surface area contributed by atoms with Crippen LogP contribution in [0.4, 0.5) is 0 Å². The fourth-order valence-corrected chi connectivity index (χ4v) is 2.64. The molecule has 0 atom stereocenters. The van der Waals surface area contributed by atoms with Crippen molar-refractivity contribution in [3.8, 4) is 0 Å². The fourth-order valence-electron chi connectivity index (χ4n) is 1.36. The number of carbonyl (C=O) groups excluding carboxylic acids is 1. The lowest BCUT2D eigenvalue weighted by Crippen LogP contribution is -1.80. The number of benzene rings is 1. The fraction of sp³-hybridized carbons (Fsp3) is 0.100. The highest BCUT2D eigenvalue weighted by atomic mass is 32.1. The molecule has 0 amide bonds. The maximum atomic E-state index is 10.8. The van der Waals surface area contributed by atoms with Gasteiger partial charge in [0.2, 0.25) is 0 Å². The largest absolute Gasteiger partial charge is 0.298 e. The van der Waals surface area contributed by atoms with Crippen molar-refractivity contribution in [2.24, 2.45) is 0 Å². The summed E-state index contributed by atoms with van der Waals surface area (Å²) >= 11 is 5.86. The lowest BCUT2D eigenvalue weighted by Gasteiger charge is -1.97. The van der Waals surface area contributed by atoms with E-state index in [0.29, 0.717) is 0 Å². The summed E-state index contributed by atoms with van der Waals surface area (Å²) < 4.78 is 1.06. The van der Waals surface area contributed by atoms with E-state index < -0.39 is 0 Å². The molecule has 2 aromatic rings. The third-order valence-corrected chi connectivity index (χ3v) is 3.43. The summed E-state index contributed by atoms with van der Waals surface area (Å²) in [6.45, 7) is 2.04. The molecule has 0 radical (unpaired) electrons. The Bertz CT molecular complexity index is 471. The van der Waals surface area contributed by atoms with Crippen LogP contribution in [0.2, 0.25) is 0 Å². The van der Waals surface area contributed by atoms with Gasteiger partial charge in [-0.15, -0.1) is 24.0 Å². The number of aryl methyl sites for hydroxylation is 1. The Morgan fingerprint density at radius 1 is 1.46 bits per heavy atom. The summed E-state index contributed by atoms with van der Waals surface area (Å²) in [5.41, 5.74) is 1.94. The maximum absolute atomic E-state index is 10.8. The van der Waals surface area contributed by atoms with Crippen LogP contribution in [0.5, 0.6) is 0 Å². The second-order valence-corrected chi connectivity index (χ2v) is 4.34. The molecular formula is C10H8OS2. The molecule has 3 heteroatoms. The quantitative estimate of drug-likeness (QED) is 0.562. The Labute approximate surface area is 85.8 Å². The van der Waals surface area contributed by atoms with Crippen LogP contribution in [0.25, 0.3) is 10.1 Å². The molecule has 0 spiro atoms. The molecule has 1 nitrogen and oxygen atoms in total. The molecule has 0 fully saturated rings. The van der Waals surface area contributed by atoms with Crippen molar-refractivity contribution in [3.05, 3.63) is 28.6 Å². The van der Waals surface area contributed by atoms with Crippen LogP contribution < -0.4 is 0 Å². The van der Waals surface area contributed by atoms with Gasteiger partial charge in [-0.2, -0.15) is 0 Å². The molecule has 0 aliphatic carbocycles. The molecule has 1 heterocycles. The third kappa shape index (κ3) is 1.38. The molecule has 13 heavy (non-hydrogen) atoms. The van der Waals surface area contributed by atoms with Crippen molar-refractivity contribution >= 4 is 40.3 Å². The van der Waals surface area contributed by atoms with Crippen LogP contribution in [0.1, 0.15) is 15.9 Å². The molecule has 0 unspecified atom stereocenters. The van der Waals surface area contributed by atoms with Gasteiger partial charge in [-0.1, -0.05) is 0 Å². The van der Waals surface area contributed by atoms with Gasteiger partial charge in [0.1, 0.15) is 0 Å². The zero-order valence-corrected chi connectivity index (χ0v) is 8.78. The van der Waals surface area contributed by atoms with E-state index in [1.54, 1.807) is 17.4 Å². The number of hydrogen-bond acceptors (Lipinski definition) is 3. The van der Waals surface area contributed by atoms with E-state index in [-0.39, 0.29) is 0 Å². The highest BCUT2D eigenvalue weighted by molar-refractivity contribution is 7.80. The average molecular weight is 208 g/mol. The summed E-state index contributed by atoms with van der Waals surface area (Å²) in [4.78, 5) is 11.6. The number of hydrogen-bond donors (Lipinski definition) is 1. The molecule has 66 valence electrons. The first kappa shape index (κ1) is 8.78. The van der Waals surface area contributed by atoms with Gasteiger partial charge in [-0.3, -0.25) is 4.79 Å². The predicted molar refractivity (Wildman–Crippen MR) is 59.2 cm³/mol. The third-order valence-electron chi connectivity index (χ3n) is 2.01. The van der Waals surface area contributed by atoms with Crippen molar-refractivity contribution in [1.82, 2.24) is 0 Å². The van der Waals surface area contributed by atoms with Gasteiger partial charge in [-0.05, 0) is 35.4 Å². The smallest absolute Gasteiger partial charge is 0.151 e. The number of thiol groups is 1. The Morgan fingerprint density at radius 2 is 2.23 bits per heavy atom. The van der Waals surface area contributed by atoms with E-state index in [4.69, 9.17) is 0 Å². The Balaban J connectivity index is 2.91. The maximum Gasteiger partial charge on any atom is 0.151 e. The topological polar surface area (TPSA) is 17.1 Å². The van der Waals surface area contributed by atoms with Crippen molar-refractivity contribution in [2.45, 2.75) is 11.8 Å². The van der Waals surface area contributed by atoms with Crippen molar-refractivity contribution < 1.29 is 4.79 Å². The normalized spacial score (nSPS) is 10.6. The number of aldehydes is 1. The van der Waals surface area contributed by atoms with Crippen molar-refractivity contribution in [2.75, 3.05) is 0 Å². The molecule has 1 aromatic heterocycles. The highest BCUT2D eigenvalue weighted by Gasteiger charge is 2.05. The van der Waals surface area contributed by atoms with E-state index in [2.05, 4.69) is 18.0 Å². The highest BCUT2D eigenvalue weighted by Crippen LogP contribution is 2.30. The van der Waals surface area contributed by atoms with Crippen molar-refractivity contribution in [3.63, 3.8) is 0 Å². The van der Waals surface area contributed by atoms with E-state index in [0.717, 1.165) is 26.8 Å². The van der Waals surface area contributed by atoms with Gasteiger partial charge in [0.25, 0.3) is 0 Å². The summed E-state index contributed by atoms with van der Waals surface area (Å²) in [6, 6.07) is 3.80. The monoisotopic (exact) mass is 208 g/mol. The summed E-state index contributed by atoms with van der Waals surface area (Å²) in [6.07, 6.45) is 0.887. The van der Waals surface area contributed by atoms with Gasteiger partial charge in [0.05, 0.1) is 0 Å². The lowest BCUT2D eigenvalue weighted by atomic mass is 10.1. The van der Waals surface area contributed by atoms with Crippen LogP contribution in [0.3, 0.4) is 0 Å². The van der Waals surface area contributed by atoms with E-state index in [9.17, 15) is 4.79 Å². The van der Waals surface area contributed by atoms with Crippen molar-refractivity contribution in [1.29, 1.82) is 0 Å². The van der Waals surface area contributed by atoms with Gasteiger partial charge in [0, 0.05) is 15.2 Å². The molecule has 1 aromatic carbocycles. The molecule has 2 rings (SSSR count). The number of carbonyl (C=O) groups is 1. The Hall–Kier alpha value is -0.800. The number of thiophene rings is 1. The lowest BCUT2D eigenvalue weighted by molar-refractivity contribution is 0.112. The van der Waals surface area contributed by atoms with Crippen LogP contribution in [0, 0.1) is 6.92 Å². The van der Waals surface area contributed by atoms with E-state index in [1.165, 1.54) is 5.56 Å². The molecule has 0 saturated carbocycles. The molecule has 0 aliphatic rings. The molecule has 0 saturated heterocycles. The van der Waals surface area contributed by atoms with Crippen LogP contribution in [-0.2, 0) is 0 Å². The molecule has 0 N–H and O–H groups in total. The number of rotatable bonds is 1. The summed E-state index contributed by atoms with van der Waals surface area (Å²) in [7, 11) is 0. The first-order chi connectivity index (χ1) is 6.22. The first-order valence-corrected chi connectivity index (χ1v) is 5.21. The second-order valence-electron chi connectivity index (χ2n) is 2.95. The summed E-state index contributed by atoms with van der Waals surface area (Å²) in [5.74, 6) is 0. The van der Waals surface area contributed by atoms with Crippen LogP contribution in [-0.4, -0.2) is 6.29 Å². The molecule has 0 aliphatic heterocycles. The van der Waals surface area contributed by atoms with E-state index >= 15 is 0 Å². The zero-order valence-electron chi connectivity index (χ0n) is 7.07. The SMILES string of the molecule is Cc1csc2c(C=O)cc(S)cc12. The number of fused-ring (bicyclic) bond motifs is 1. The predicted octanol–water partition coefficient (Wildman–Crippen LogP) is 3.31. The first-order valence-electron chi connectivity index (χ1n) is 3.88. The Morgan fingerprint density at radius 3 is 2.92 bits per heavy atom. The minimum absolute atomic E-state index is 0.737. The standard InChI is InChI=1S/C10H8OS2/c1-6-5-13-10-7(4-11)2-8(12)3-9(6)10/h2-5,12H,1H3. The van der Waals surface area contributed by atoms with Crippen LogP contribution >= 0.6 is 24.0 Å². The zero-order chi connectivity index (χ0) is 9.42. The molecular weight excluding hydrogens is 200 g/mol. The van der Waals surface area contributed by atoms with Gasteiger partial charge in [-0.25, -0.2) is 0 Å². The van der Waals surface area contributed by atoms with E-state index in [1.807, 2.05) is 13.0 Å². The minimum atomic E-state index is 0.737.